The molecule has 0 aliphatic heterocycles. The third-order valence-corrected chi connectivity index (χ3v) is 4.27. The molecule has 1 atom stereocenters. The van der Waals surface area contributed by atoms with Crippen molar-refractivity contribution < 1.29 is 4.43 Å². The molecule has 0 aromatic carbocycles. The van der Waals surface area contributed by atoms with E-state index in [0.29, 0.717) is 0 Å². The molecule has 0 radical (unpaired) electrons. The first-order valence-electron chi connectivity index (χ1n) is 7.71. The van der Waals surface area contributed by atoms with Gasteiger partial charge in [0.2, 0.25) is 0 Å². The summed E-state index contributed by atoms with van der Waals surface area (Å²) in [6, 6.07) is 0. The maximum atomic E-state index is 6.25. The molecular weight excluding hydrogens is 260 g/mol. The quantitative estimate of drug-likeness (QED) is 0.360. The van der Waals surface area contributed by atoms with E-state index in [2.05, 4.69) is 66.1 Å². The fraction of sp³-hybridized carbons (Fsp3) is 0.667. The Balaban J connectivity index is 4.30. The fourth-order valence-corrected chi connectivity index (χ4v) is 3.77. The molecule has 1 nitrogen and oxygen atoms in total. The lowest BCUT2D eigenvalue weighted by Crippen LogP contribution is -2.39. The van der Waals surface area contributed by atoms with Gasteiger partial charge < -0.3 is 4.43 Å². The van der Waals surface area contributed by atoms with Gasteiger partial charge in [0.05, 0.1) is 5.60 Å². The zero-order chi connectivity index (χ0) is 15.8. The summed E-state index contributed by atoms with van der Waals surface area (Å²) in [7, 11) is -1.52. The van der Waals surface area contributed by atoms with Crippen molar-refractivity contribution in [1.82, 2.24) is 0 Å². The largest absolute Gasteiger partial charge is 0.409 e. The zero-order valence-electron chi connectivity index (χ0n) is 14.7. The average Bonchev–Trinajstić information content (AvgIpc) is 2.26. The first kappa shape index (κ1) is 19.4. The van der Waals surface area contributed by atoms with Gasteiger partial charge in [-0.15, -0.1) is 6.58 Å². The summed E-state index contributed by atoms with van der Waals surface area (Å²) in [6.07, 6.45) is 11.0. The number of allylic oxidation sites excluding steroid dienone is 4. The van der Waals surface area contributed by atoms with E-state index in [-0.39, 0.29) is 5.60 Å². The van der Waals surface area contributed by atoms with Crippen molar-refractivity contribution in [3.8, 4) is 0 Å². The van der Waals surface area contributed by atoms with E-state index in [1.165, 1.54) is 11.1 Å². The van der Waals surface area contributed by atoms with Crippen LogP contribution in [-0.2, 0) is 4.43 Å². The third kappa shape index (κ3) is 10.2. The van der Waals surface area contributed by atoms with Gasteiger partial charge in [0.25, 0.3) is 0 Å². The average molecular weight is 295 g/mol. The molecule has 0 heterocycles. The Morgan fingerprint density at radius 3 is 2.15 bits per heavy atom. The smallest absolute Gasteiger partial charge is 0.184 e. The van der Waals surface area contributed by atoms with E-state index >= 15 is 0 Å². The van der Waals surface area contributed by atoms with Crippen LogP contribution >= 0.6 is 0 Å². The summed E-state index contributed by atoms with van der Waals surface area (Å²) in [4.78, 5) is 0. The molecule has 1 unspecified atom stereocenters. The minimum Gasteiger partial charge on any atom is -0.409 e. The molecule has 0 fully saturated rings. The molecule has 0 aliphatic carbocycles. The second-order valence-electron chi connectivity index (χ2n) is 7.14. The van der Waals surface area contributed by atoms with E-state index in [1.54, 1.807) is 0 Å². The van der Waals surface area contributed by atoms with E-state index < -0.39 is 8.32 Å². The SMILES string of the molecule is C=CC(C)(CC/C=C(\C)CCC=C(C)C)O[Si](C)(C)C. The number of rotatable bonds is 9. The first-order chi connectivity index (χ1) is 9.08. The van der Waals surface area contributed by atoms with Gasteiger partial charge in [0.15, 0.2) is 8.32 Å². The van der Waals surface area contributed by atoms with Crippen LogP contribution in [0.25, 0.3) is 0 Å². The Morgan fingerprint density at radius 1 is 1.10 bits per heavy atom. The number of hydrogen-bond acceptors (Lipinski definition) is 1. The summed E-state index contributed by atoms with van der Waals surface area (Å²) in [6.45, 7) is 19.3. The normalized spacial score (nSPS) is 15.7. The van der Waals surface area contributed by atoms with Crippen molar-refractivity contribution in [3.63, 3.8) is 0 Å². The Kier molecular flexibility index (Phi) is 8.37. The van der Waals surface area contributed by atoms with Crippen molar-refractivity contribution in [3.05, 3.63) is 36.0 Å². The fourth-order valence-electron chi connectivity index (χ4n) is 2.19. The maximum Gasteiger partial charge on any atom is 0.184 e. The molecule has 2 heteroatoms. The highest BCUT2D eigenvalue weighted by atomic mass is 28.4. The molecule has 0 spiro atoms. The van der Waals surface area contributed by atoms with Crippen LogP contribution in [0.5, 0.6) is 0 Å². The first-order valence-corrected chi connectivity index (χ1v) is 11.1. The van der Waals surface area contributed by atoms with Gasteiger partial charge in [0, 0.05) is 0 Å². The van der Waals surface area contributed by atoms with Gasteiger partial charge in [-0.3, -0.25) is 0 Å². The van der Waals surface area contributed by atoms with E-state index in [4.69, 9.17) is 4.43 Å². The van der Waals surface area contributed by atoms with Crippen molar-refractivity contribution >= 4 is 8.32 Å². The van der Waals surface area contributed by atoms with Gasteiger partial charge in [0.1, 0.15) is 0 Å². The summed E-state index contributed by atoms with van der Waals surface area (Å²) in [5.41, 5.74) is 2.70. The van der Waals surface area contributed by atoms with Crippen molar-refractivity contribution in [2.75, 3.05) is 0 Å². The minimum atomic E-state index is -1.52. The number of hydrogen-bond donors (Lipinski definition) is 0. The molecule has 0 amide bonds. The monoisotopic (exact) mass is 294 g/mol. The van der Waals surface area contributed by atoms with Crippen LogP contribution in [0.1, 0.15) is 53.4 Å². The van der Waals surface area contributed by atoms with Crippen molar-refractivity contribution in [1.29, 1.82) is 0 Å². The van der Waals surface area contributed by atoms with Crippen LogP contribution in [0.3, 0.4) is 0 Å². The lowest BCUT2D eigenvalue weighted by atomic mass is 9.99. The van der Waals surface area contributed by atoms with Crippen LogP contribution in [0.2, 0.25) is 19.6 Å². The van der Waals surface area contributed by atoms with Crippen LogP contribution in [0, 0.1) is 0 Å². The maximum absolute atomic E-state index is 6.25. The lowest BCUT2D eigenvalue weighted by molar-refractivity contribution is 0.124. The molecule has 0 aliphatic rings. The summed E-state index contributed by atoms with van der Waals surface area (Å²) in [5, 5.41) is 0. The van der Waals surface area contributed by atoms with E-state index in [0.717, 1.165) is 25.7 Å². The van der Waals surface area contributed by atoms with Gasteiger partial charge in [-0.2, -0.15) is 0 Å². The Bertz CT molecular complexity index is 356. The molecular formula is C18H34OSi. The molecule has 0 aromatic rings. The van der Waals surface area contributed by atoms with Crippen LogP contribution < -0.4 is 0 Å². The van der Waals surface area contributed by atoms with Gasteiger partial charge in [-0.25, -0.2) is 0 Å². The van der Waals surface area contributed by atoms with Gasteiger partial charge in [-0.1, -0.05) is 29.4 Å². The predicted octanol–water partition coefficient (Wildman–Crippen LogP) is 6.26. The van der Waals surface area contributed by atoms with Crippen molar-refractivity contribution in [2.45, 2.75) is 78.6 Å². The van der Waals surface area contributed by atoms with Crippen molar-refractivity contribution in [2.24, 2.45) is 0 Å². The molecule has 0 bridgehead atoms. The topological polar surface area (TPSA) is 9.23 Å². The molecule has 0 rings (SSSR count). The summed E-state index contributed by atoms with van der Waals surface area (Å²) < 4.78 is 6.25. The highest BCUT2D eigenvalue weighted by Gasteiger charge is 2.27. The predicted molar refractivity (Wildman–Crippen MR) is 94.7 cm³/mol. The van der Waals surface area contributed by atoms with Gasteiger partial charge in [-0.05, 0) is 73.0 Å². The molecule has 0 saturated carbocycles. The van der Waals surface area contributed by atoms with E-state index in [1.807, 2.05) is 6.08 Å². The highest BCUT2D eigenvalue weighted by molar-refractivity contribution is 6.69. The second kappa shape index (κ2) is 8.63. The highest BCUT2D eigenvalue weighted by Crippen LogP contribution is 2.25. The molecule has 0 saturated heterocycles. The lowest BCUT2D eigenvalue weighted by Gasteiger charge is -2.33. The van der Waals surface area contributed by atoms with E-state index in [9.17, 15) is 0 Å². The zero-order valence-corrected chi connectivity index (χ0v) is 15.7. The standard InChI is InChI=1S/C18H34OSi/c1-9-18(5,19-20(6,7)8)15-11-14-17(4)13-10-12-16(2)3/h9,12,14H,1,10-11,13,15H2,2-8H3/b17-14+. The van der Waals surface area contributed by atoms with Crippen LogP contribution in [0.4, 0.5) is 0 Å². The molecule has 0 aromatic heterocycles. The minimum absolute atomic E-state index is 0.179. The second-order valence-corrected chi connectivity index (χ2v) is 11.6. The molecule has 0 N–H and O–H groups in total. The third-order valence-electron chi connectivity index (χ3n) is 3.20. The Labute approximate surface area is 127 Å². The van der Waals surface area contributed by atoms with Crippen LogP contribution in [-0.4, -0.2) is 13.9 Å². The molecule has 20 heavy (non-hydrogen) atoms. The van der Waals surface area contributed by atoms with Gasteiger partial charge >= 0.3 is 0 Å². The summed E-state index contributed by atoms with van der Waals surface area (Å²) in [5.74, 6) is 0. The Hall–Kier alpha value is -0.603. The Morgan fingerprint density at radius 2 is 1.70 bits per heavy atom. The van der Waals surface area contributed by atoms with Crippen LogP contribution in [0.15, 0.2) is 36.0 Å². The summed E-state index contributed by atoms with van der Waals surface area (Å²) >= 11 is 0. The molecule has 116 valence electrons.